The van der Waals surface area contributed by atoms with Crippen molar-refractivity contribution in [1.29, 1.82) is 0 Å². The van der Waals surface area contributed by atoms with Crippen LogP contribution in [0.1, 0.15) is 26.3 Å². The number of benzene rings is 1. The molecule has 1 aromatic carbocycles. The second-order valence-electron chi connectivity index (χ2n) is 4.93. The first kappa shape index (κ1) is 17.0. The number of hydrogen-bond donors (Lipinski definition) is 1. The number of ether oxygens (including phenoxy) is 1. The monoisotopic (exact) mass is 342 g/mol. The van der Waals surface area contributed by atoms with Gasteiger partial charge < -0.3 is 15.0 Å². The lowest BCUT2D eigenvalue weighted by Gasteiger charge is -2.21. The van der Waals surface area contributed by atoms with Gasteiger partial charge in [-0.1, -0.05) is 13.0 Å². The summed E-state index contributed by atoms with van der Waals surface area (Å²) in [6, 6.07) is 6.07. The molecule has 1 rings (SSSR count). The second-order valence-corrected chi connectivity index (χ2v) is 5.79. The highest BCUT2D eigenvalue weighted by molar-refractivity contribution is 9.10. The molecule has 0 bridgehead atoms. The fraction of sp³-hybridized carbons (Fsp3) is 0.533. The summed E-state index contributed by atoms with van der Waals surface area (Å²) in [6.45, 7) is 7.84. The molecule has 0 heterocycles. The molecule has 0 unspecified atom stereocenters. The SMILES string of the molecule is CCNCc1ccc(OCC(=O)N(C)C(C)C)c(Br)c1. The lowest BCUT2D eigenvalue weighted by molar-refractivity contribution is -0.133. The number of halogens is 1. The van der Waals surface area contributed by atoms with Crippen molar-refractivity contribution in [2.45, 2.75) is 33.4 Å². The van der Waals surface area contributed by atoms with Gasteiger partial charge in [-0.25, -0.2) is 0 Å². The zero-order chi connectivity index (χ0) is 15.1. The molecule has 5 heteroatoms. The van der Waals surface area contributed by atoms with Crippen LogP contribution in [0.25, 0.3) is 0 Å². The Morgan fingerprint density at radius 1 is 1.45 bits per heavy atom. The minimum Gasteiger partial charge on any atom is -0.483 e. The first-order chi connectivity index (χ1) is 9.45. The van der Waals surface area contributed by atoms with E-state index in [1.807, 2.05) is 32.0 Å². The smallest absolute Gasteiger partial charge is 0.260 e. The van der Waals surface area contributed by atoms with Crippen LogP contribution in [-0.2, 0) is 11.3 Å². The van der Waals surface area contributed by atoms with E-state index in [1.165, 1.54) is 5.56 Å². The van der Waals surface area contributed by atoms with Crippen LogP contribution in [0, 0.1) is 0 Å². The largest absolute Gasteiger partial charge is 0.483 e. The predicted molar refractivity (Wildman–Crippen MR) is 84.9 cm³/mol. The van der Waals surface area contributed by atoms with E-state index in [1.54, 1.807) is 11.9 Å². The number of likely N-dealkylation sites (N-methyl/N-ethyl adjacent to an activating group) is 1. The van der Waals surface area contributed by atoms with E-state index < -0.39 is 0 Å². The average molecular weight is 343 g/mol. The van der Waals surface area contributed by atoms with Gasteiger partial charge in [0, 0.05) is 19.6 Å². The number of carbonyl (C=O) groups excluding carboxylic acids is 1. The van der Waals surface area contributed by atoms with E-state index in [0.29, 0.717) is 5.75 Å². The zero-order valence-corrected chi connectivity index (χ0v) is 14.2. The highest BCUT2D eigenvalue weighted by Crippen LogP contribution is 2.26. The Hall–Kier alpha value is -1.07. The summed E-state index contributed by atoms with van der Waals surface area (Å²) in [6.07, 6.45) is 0. The van der Waals surface area contributed by atoms with E-state index in [0.717, 1.165) is 17.6 Å². The third-order valence-corrected chi connectivity index (χ3v) is 3.71. The molecule has 112 valence electrons. The molecule has 0 saturated heterocycles. The van der Waals surface area contributed by atoms with Gasteiger partial charge in [-0.05, 0) is 54.0 Å². The molecule has 0 fully saturated rings. The summed E-state index contributed by atoms with van der Waals surface area (Å²) in [4.78, 5) is 13.5. The van der Waals surface area contributed by atoms with Crippen molar-refractivity contribution >= 4 is 21.8 Å². The third-order valence-electron chi connectivity index (χ3n) is 3.09. The number of rotatable bonds is 7. The maximum Gasteiger partial charge on any atom is 0.260 e. The molecule has 4 nitrogen and oxygen atoms in total. The van der Waals surface area contributed by atoms with Gasteiger partial charge in [0.2, 0.25) is 0 Å². The van der Waals surface area contributed by atoms with Gasteiger partial charge in [-0.15, -0.1) is 0 Å². The summed E-state index contributed by atoms with van der Waals surface area (Å²) in [5.41, 5.74) is 1.18. The van der Waals surface area contributed by atoms with E-state index in [2.05, 4.69) is 28.2 Å². The Morgan fingerprint density at radius 2 is 2.15 bits per heavy atom. The van der Waals surface area contributed by atoms with Crippen molar-refractivity contribution in [3.8, 4) is 5.75 Å². The van der Waals surface area contributed by atoms with Crippen LogP contribution in [0.5, 0.6) is 5.75 Å². The van der Waals surface area contributed by atoms with Gasteiger partial charge in [0.25, 0.3) is 5.91 Å². The molecule has 0 saturated carbocycles. The molecule has 0 radical (unpaired) electrons. The van der Waals surface area contributed by atoms with E-state index in [9.17, 15) is 4.79 Å². The molecule has 0 atom stereocenters. The number of nitrogens with zero attached hydrogens (tertiary/aromatic N) is 1. The van der Waals surface area contributed by atoms with Crippen molar-refractivity contribution in [3.05, 3.63) is 28.2 Å². The van der Waals surface area contributed by atoms with Gasteiger partial charge in [0.15, 0.2) is 6.61 Å². The minimum absolute atomic E-state index is 0.0244. The molecule has 0 aliphatic rings. The van der Waals surface area contributed by atoms with Crippen LogP contribution in [0.2, 0.25) is 0 Å². The maximum atomic E-state index is 11.9. The zero-order valence-electron chi connectivity index (χ0n) is 12.6. The maximum absolute atomic E-state index is 11.9. The molecule has 0 aromatic heterocycles. The summed E-state index contributed by atoms with van der Waals surface area (Å²) in [5.74, 6) is 0.666. The van der Waals surface area contributed by atoms with Crippen molar-refractivity contribution in [3.63, 3.8) is 0 Å². The second kappa shape index (κ2) is 8.27. The Kier molecular flexibility index (Phi) is 7.02. The molecule has 1 aromatic rings. The minimum atomic E-state index is -0.0244. The first-order valence-corrected chi connectivity index (χ1v) is 7.62. The third kappa shape index (κ3) is 5.13. The quantitative estimate of drug-likeness (QED) is 0.828. The summed E-state index contributed by atoms with van der Waals surface area (Å²) >= 11 is 3.48. The summed E-state index contributed by atoms with van der Waals surface area (Å²) in [5, 5.41) is 3.27. The number of carbonyl (C=O) groups is 1. The Morgan fingerprint density at radius 3 is 2.70 bits per heavy atom. The number of hydrogen-bond acceptors (Lipinski definition) is 3. The van der Waals surface area contributed by atoms with Crippen LogP contribution in [0.15, 0.2) is 22.7 Å². The molecule has 1 N–H and O–H groups in total. The van der Waals surface area contributed by atoms with Crippen molar-refractivity contribution in [1.82, 2.24) is 10.2 Å². The molecule has 20 heavy (non-hydrogen) atoms. The topological polar surface area (TPSA) is 41.6 Å². The van der Waals surface area contributed by atoms with Crippen molar-refractivity contribution < 1.29 is 9.53 Å². The first-order valence-electron chi connectivity index (χ1n) is 6.83. The van der Waals surface area contributed by atoms with Gasteiger partial charge in [0.05, 0.1) is 4.47 Å². The fourth-order valence-electron chi connectivity index (χ4n) is 1.57. The number of amides is 1. The van der Waals surface area contributed by atoms with Gasteiger partial charge in [-0.2, -0.15) is 0 Å². The summed E-state index contributed by atoms with van der Waals surface area (Å²) < 4.78 is 6.44. The van der Waals surface area contributed by atoms with Crippen LogP contribution in [0.4, 0.5) is 0 Å². The molecule has 0 aliphatic heterocycles. The molecule has 1 amide bonds. The fourth-order valence-corrected chi connectivity index (χ4v) is 2.11. The molecule has 0 aliphatic carbocycles. The Bertz CT molecular complexity index is 449. The molecular formula is C15H23BrN2O2. The van der Waals surface area contributed by atoms with Gasteiger partial charge in [-0.3, -0.25) is 4.79 Å². The van der Waals surface area contributed by atoms with Crippen molar-refractivity contribution in [2.24, 2.45) is 0 Å². The molecular weight excluding hydrogens is 320 g/mol. The highest BCUT2D eigenvalue weighted by Gasteiger charge is 2.13. The van der Waals surface area contributed by atoms with Gasteiger partial charge >= 0.3 is 0 Å². The predicted octanol–water partition coefficient (Wildman–Crippen LogP) is 2.80. The van der Waals surface area contributed by atoms with Crippen LogP contribution in [-0.4, -0.2) is 37.0 Å². The lowest BCUT2D eigenvalue weighted by Crippen LogP contribution is -2.36. The lowest BCUT2D eigenvalue weighted by atomic mass is 10.2. The van der Waals surface area contributed by atoms with Crippen LogP contribution in [0.3, 0.4) is 0 Å². The van der Waals surface area contributed by atoms with E-state index in [4.69, 9.17) is 4.74 Å². The van der Waals surface area contributed by atoms with E-state index in [-0.39, 0.29) is 18.6 Å². The summed E-state index contributed by atoms with van der Waals surface area (Å²) in [7, 11) is 1.78. The van der Waals surface area contributed by atoms with Crippen LogP contribution < -0.4 is 10.1 Å². The van der Waals surface area contributed by atoms with Crippen LogP contribution >= 0.6 is 15.9 Å². The standard InChI is InChI=1S/C15H23BrN2O2/c1-5-17-9-12-6-7-14(13(16)8-12)20-10-15(19)18(4)11(2)3/h6-8,11,17H,5,9-10H2,1-4H3. The Labute approximate surface area is 129 Å². The normalized spacial score (nSPS) is 10.7. The number of nitrogens with one attached hydrogen (secondary N) is 1. The van der Waals surface area contributed by atoms with Gasteiger partial charge in [0.1, 0.15) is 5.75 Å². The van der Waals surface area contributed by atoms with Crippen molar-refractivity contribution in [2.75, 3.05) is 20.2 Å². The highest BCUT2D eigenvalue weighted by atomic mass is 79.9. The van der Waals surface area contributed by atoms with E-state index >= 15 is 0 Å². The Balaban J connectivity index is 2.58. The molecule has 0 spiro atoms. The average Bonchev–Trinajstić information content (AvgIpc) is 2.42.